The van der Waals surface area contributed by atoms with Gasteiger partial charge in [-0.1, -0.05) is 6.92 Å². The van der Waals surface area contributed by atoms with Gasteiger partial charge < -0.3 is 5.11 Å². The number of carbonyl (C=O) groups is 1. The Morgan fingerprint density at radius 3 is 2.65 bits per heavy atom. The second kappa shape index (κ2) is 5.94. The molecular weight excluding hydrogens is 330 g/mol. The van der Waals surface area contributed by atoms with E-state index >= 15 is 0 Å². The van der Waals surface area contributed by atoms with Gasteiger partial charge in [-0.2, -0.15) is 0 Å². The summed E-state index contributed by atoms with van der Waals surface area (Å²) in [5, 5.41) is 8.65. The third kappa shape index (κ3) is 4.38. The smallest absolute Gasteiger partial charge is 0.304 e. The first-order valence-corrected chi connectivity index (χ1v) is 7.94. The molecule has 0 radical (unpaired) electrons. The molecule has 0 fully saturated rings. The first-order chi connectivity index (χ1) is 7.85. The lowest BCUT2D eigenvalue weighted by molar-refractivity contribution is -0.137. The predicted octanol–water partition coefficient (Wildman–Crippen LogP) is 2.04. The minimum atomic E-state index is -3.62. The van der Waals surface area contributed by atoms with Crippen molar-refractivity contribution < 1.29 is 18.3 Å². The summed E-state index contributed by atoms with van der Waals surface area (Å²) >= 11 is 4.27. The summed E-state index contributed by atoms with van der Waals surface area (Å²) in [4.78, 5) is 10.6. The van der Waals surface area contributed by atoms with Gasteiger partial charge in [0.1, 0.15) is 4.21 Å². The maximum absolute atomic E-state index is 11.9. The second-order valence-electron chi connectivity index (χ2n) is 3.38. The normalized spacial score (nSPS) is 13.5. The second-order valence-corrected chi connectivity index (χ2v) is 7.79. The summed E-state index contributed by atoms with van der Waals surface area (Å²) in [7, 11) is -3.62. The molecular formula is C9H12BrNO4S2. The van der Waals surface area contributed by atoms with Gasteiger partial charge in [-0.3, -0.25) is 4.79 Å². The van der Waals surface area contributed by atoms with Crippen LogP contribution in [0.25, 0.3) is 0 Å². The van der Waals surface area contributed by atoms with Crippen LogP contribution in [0.3, 0.4) is 0 Å². The Labute approximate surface area is 112 Å². The SMILES string of the molecule is CCC(CC(=O)O)NS(=O)(=O)c1ccc(Br)s1. The first-order valence-electron chi connectivity index (χ1n) is 4.84. The summed E-state index contributed by atoms with van der Waals surface area (Å²) in [6.45, 7) is 1.74. The lowest BCUT2D eigenvalue weighted by atomic mass is 10.2. The third-order valence-corrected chi connectivity index (χ3v) is 5.69. The van der Waals surface area contributed by atoms with Crippen LogP contribution in [0.5, 0.6) is 0 Å². The fourth-order valence-electron chi connectivity index (χ4n) is 1.20. The standard InChI is InChI=1S/C9H12BrNO4S2/c1-2-6(5-8(12)13)11-17(14,15)9-4-3-7(10)16-9/h3-4,6,11H,2,5H2,1H3,(H,12,13). The van der Waals surface area contributed by atoms with Crippen molar-refractivity contribution in [3.63, 3.8) is 0 Å². The van der Waals surface area contributed by atoms with E-state index in [1.807, 2.05) is 0 Å². The molecule has 0 bridgehead atoms. The molecule has 96 valence electrons. The molecule has 0 aliphatic rings. The topological polar surface area (TPSA) is 83.5 Å². The van der Waals surface area contributed by atoms with Crippen LogP contribution in [0.4, 0.5) is 0 Å². The van der Waals surface area contributed by atoms with Crippen LogP contribution in [0.15, 0.2) is 20.1 Å². The van der Waals surface area contributed by atoms with Crippen molar-refractivity contribution in [2.75, 3.05) is 0 Å². The van der Waals surface area contributed by atoms with E-state index in [9.17, 15) is 13.2 Å². The Kier molecular flexibility index (Phi) is 5.11. The lowest BCUT2D eigenvalue weighted by Gasteiger charge is -2.13. The van der Waals surface area contributed by atoms with Gasteiger partial charge in [0.2, 0.25) is 10.0 Å². The summed E-state index contributed by atoms with van der Waals surface area (Å²) in [6.07, 6.45) is 0.209. The molecule has 0 spiro atoms. The van der Waals surface area contributed by atoms with Crippen molar-refractivity contribution >= 4 is 43.3 Å². The van der Waals surface area contributed by atoms with E-state index in [0.717, 1.165) is 11.3 Å². The number of carboxylic acids is 1. The zero-order valence-corrected chi connectivity index (χ0v) is 12.2. The van der Waals surface area contributed by atoms with Gasteiger partial charge >= 0.3 is 5.97 Å². The fraction of sp³-hybridized carbons (Fsp3) is 0.444. The minimum Gasteiger partial charge on any atom is -0.481 e. The average molecular weight is 342 g/mol. The van der Waals surface area contributed by atoms with E-state index in [4.69, 9.17) is 5.11 Å². The van der Waals surface area contributed by atoms with Gasteiger partial charge in [0.05, 0.1) is 10.2 Å². The molecule has 2 N–H and O–H groups in total. The van der Waals surface area contributed by atoms with Gasteiger partial charge in [-0.05, 0) is 34.5 Å². The van der Waals surface area contributed by atoms with E-state index in [2.05, 4.69) is 20.7 Å². The molecule has 1 rings (SSSR count). The molecule has 1 aromatic rings. The molecule has 0 saturated carbocycles. The largest absolute Gasteiger partial charge is 0.481 e. The van der Waals surface area contributed by atoms with Crippen LogP contribution in [0, 0.1) is 0 Å². The monoisotopic (exact) mass is 341 g/mol. The van der Waals surface area contributed by atoms with Crippen molar-refractivity contribution in [3.05, 3.63) is 15.9 Å². The number of carboxylic acid groups (broad SMARTS) is 1. The number of rotatable bonds is 6. The van der Waals surface area contributed by atoms with Crippen LogP contribution >= 0.6 is 27.3 Å². The molecule has 0 aliphatic heterocycles. The van der Waals surface area contributed by atoms with Crippen LogP contribution in [-0.4, -0.2) is 25.5 Å². The number of hydrogen-bond acceptors (Lipinski definition) is 4. The Morgan fingerprint density at radius 1 is 1.59 bits per heavy atom. The Balaban J connectivity index is 2.81. The predicted molar refractivity (Wildman–Crippen MR) is 68.7 cm³/mol. The summed E-state index contributed by atoms with van der Waals surface area (Å²) in [5.74, 6) is -1.02. The van der Waals surface area contributed by atoms with E-state index in [0.29, 0.717) is 10.2 Å². The molecule has 1 heterocycles. The van der Waals surface area contributed by atoms with Crippen LogP contribution in [-0.2, 0) is 14.8 Å². The Bertz CT molecular complexity index is 497. The molecule has 1 aromatic heterocycles. The molecule has 0 aromatic carbocycles. The first kappa shape index (κ1) is 14.6. The van der Waals surface area contributed by atoms with E-state index in [-0.39, 0.29) is 10.6 Å². The number of thiophene rings is 1. The van der Waals surface area contributed by atoms with Crippen molar-refractivity contribution in [2.45, 2.75) is 30.0 Å². The molecule has 5 nitrogen and oxygen atoms in total. The molecule has 8 heteroatoms. The molecule has 0 amide bonds. The molecule has 1 atom stereocenters. The van der Waals surface area contributed by atoms with Gasteiger partial charge in [-0.25, -0.2) is 13.1 Å². The van der Waals surface area contributed by atoms with Crippen LogP contribution in [0.1, 0.15) is 19.8 Å². The summed E-state index contributed by atoms with van der Waals surface area (Å²) in [5.41, 5.74) is 0. The highest BCUT2D eigenvalue weighted by Gasteiger charge is 2.22. The van der Waals surface area contributed by atoms with Gasteiger partial charge in [-0.15, -0.1) is 11.3 Å². The highest BCUT2D eigenvalue weighted by Crippen LogP contribution is 2.26. The number of nitrogens with one attached hydrogen (secondary N) is 1. The summed E-state index contributed by atoms with van der Waals surface area (Å²) in [6, 6.07) is 2.53. The van der Waals surface area contributed by atoms with Crippen molar-refractivity contribution in [2.24, 2.45) is 0 Å². The molecule has 1 unspecified atom stereocenters. The lowest BCUT2D eigenvalue weighted by Crippen LogP contribution is -2.35. The van der Waals surface area contributed by atoms with Crippen molar-refractivity contribution in [3.8, 4) is 0 Å². The van der Waals surface area contributed by atoms with Gasteiger partial charge in [0.25, 0.3) is 0 Å². The van der Waals surface area contributed by atoms with Crippen molar-refractivity contribution in [1.82, 2.24) is 4.72 Å². The summed E-state index contributed by atoms with van der Waals surface area (Å²) < 4.78 is 27.0. The Hall–Kier alpha value is -0.440. The van der Waals surface area contributed by atoms with E-state index in [1.54, 1.807) is 13.0 Å². The zero-order valence-electron chi connectivity index (χ0n) is 9.01. The maximum Gasteiger partial charge on any atom is 0.304 e. The molecule has 0 saturated heterocycles. The Morgan fingerprint density at radius 2 is 2.24 bits per heavy atom. The van der Waals surface area contributed by atoms with Crippen LogP contribution in [0.2, 0.25) is 0 Å². The number of halogens is 1. The number of aliphatic carboxylic acids is 1. The van der Waals surface area contributed by atoms with Crippen molar-refractivity contribution in [1.29, 1.82) is 0 Å². The van der Waals surface area contributed by atoms with E-state index < -0.39 is 22.0 Å². The highest BCUT2D eigenvalue weighted by atomic mass is 79.9. The average Bonchev–Trinajstić information content (AvgIpc) is 2.63. The number of sulfonamides is 1. The molecule has 0 aliphatic carbocycles. The van der Waals surface area contributed by atoms with Crippen LogP contribution < -0.4 is 4.72 Å². The molecule has 17 heavy (non-hydrogen) atoms. The quantitative estimate of drug-likeness (QED) is 0.829. The fourth-order valence-corrected chi connectivity index (χ4v) is 4.55. The van der Waals surface area contributed by atoms with E-state index in [1.165, 1.54) is 6.07 Å². The third-order valence-electron chi connectivity index (χ3n) is 2.05. The minimum absolute atomic E-state index is 0.174. The zero-order chi connectivity index (χ0) is 13.1. The van der Waals surface area contributed by atoms with Gasteiger partial charge in [0, 0.05) is 6.04 Å². The number of hydrogen-bond donors (Lipinski definition) is 2. The maximum atomic E-state index is 11.9. The highest BCUT2D eigenvalue weighted by molar-refractivity contribution is 9.11. The van der Waals surface area contributed by atoms with Gasteiger partial charge in [0.15, 0.2) is 0 Å².